The minimum Gasteiger partial charge on any atom is -0.449 e. The lowest BCUT2D eigenvalue weighted by atomic mass is 10.1. The van der Waals surface area contributed by atoms with E-state index in [-0.39, 0.29) is 0 Å². The van der Waals surface area contributed by atoms with E-state index in [4.69, 9.17) is 10.00 Å². The standard InChI is InChI=1S/C19H18N2O3/c1-3-14-7-9-16(10-8-14)19(23)24-13(2)18(22)21-17-6-4-5-15(11-17)12-20/h4-11,13H,3H2,1-2H3,(H,21,22)/t13-/m1/s1. The Labute approximate surface area is 140 Å². The Morgan fingerprint density at radius 2 is 1.92 bits per heavy atom. The molecule has 2 aromatic carbocycles. The number of nitriles is 1. The lowest BCUT2D eigenvalue weighted by Gasteiger charge is -2.14. The Morgan fingerprint density at radius 3 is 2.54 bits per heavy atom. The Kier molecular flexibility index (Phi) is 5.69. The molecule has 0 bridgehead atoms. The third kappa shape index (κ3) is 4.43. The van der Waals surface area contributed by atoms with Crippen LogP contribution in [0.25, 0.3) is 0 Å². The third-order valence-electron chi connectivity index (χ3n) is 3.51. The molecule has 0 saturated carbocycles. The lowest BCUT2D eigenvalue weighted by molar-refractivity contribution is -0.123. The van der Waals surface area contributed by atoms with Crippen LogP contribution in [0.5, 0.6) is 0 Å². The first-order valence-corrected chi connectivity index (χ1v) is 7.64. The summed E-state index contributed by atoms with van der Waals surface area (Å²) in [5.41, 5.74) is 2.44. The van der Waals surface area contributed by atoms with Crippen LogP contribution in [0.2, 0.25) is 0 Å². The molecule has 5 nitrogen and oxygen atoms in total. The number of benzene rings is 2. The molecule has 1 N–H and O–H groups in total. The zero-order chi connectivity index (χ0) is 17.5. The van der Waals surface area contributed by atoms with E-state index in [2.05, 4.69) is 5.32 Å². The Hall–Kier alpha value is -3.13. The van der Waals surface area contributed by atoms with Crippen LogP contribution in [0, 0.1) is 11.3 Å². The van der Waals surface area contributed by atoms with Gasteiger partial charge < -0.3 is 10.1 Å². The predicted octanol–water partition coefficient (Wildman–Crippen LogP) is 3.30. The van der Waals surface area contributed by atoms with Gasteiger partial charge in [-0.05, 0) is 49.2 Å². The maximum atomic E-state index is 12.1. The van der Waals surface area contributed by atoms with Crippen molar-refractivity contribution < 1.29 is 14.3 Å². The Bertz CT molecular complexity index is 776. The van der Waals surface area contributed by atoms with Gasteiger partial charge >= 0.3 is 5.97 Å². The molecule has 24 heavy (non-hydrogen) atoms. The second-order valence-electron chi connectivity index (χ2n) is 5.28. The number of nitrogens with one attached hydrogen (secondary N) is 1. The number of anilines is 1. The number of nitrogens with zero attached hydrogens (tertiary/aromatic N) is 1. The number of rotatable bonds is 5. The van der Waals surface area contributed by atoms with Crippen molar-refractivity contribution in [3.63, 3.8) is 0 Å². The fourth-order valence-electron chi connectivity index (χ4n) is 2.07. The first kappa shape index (κ1) is 17.2. The van der Waals surface area contributed by atoms with E-state index in [0.29, 0.717) is 16.8 Å². The van der Waals surface area contributed by atoms with Gasteiger partial charge in [-0.25, -0.2) is 4.79 Å². The van der Waals surface area contributed by atoms with Gasteiger partial charge in [0.05, 0.1) is 17.2 Å². The fourth-order valence-corrected chi connectivity index (χ4v) is 2.07. The molecule has 2 aromatic rings. The van der Waals surface area contributed by atoms with E-state index in [1.165, 1.54) is 6.92 Å². The van der Waals surface area contributed by atoms with Gasteiger partial charge in [-0.15, -0.1) is 0 Å². The average Bonchev–Trinajstić information content (AvgIpc) is 2.61. The van der Waals surface area contributed by atoms with Gasteiger partial charge in [-0.1, -0.05) is 25.1 Å². The van der Waals surface area contributed by atoms with E-state index in [1.807, 2.05) is 25.1 Å². The van der Waals surface area contributed by atoms with Crippen molar-refractivity contribution in [1.82, 2.24) is 0 Å². The Balaban J connectivity index is 1.97. The smallest absolute Gasteiger partial charge is 0.338 e. The monoisotopic (exact) mass is 322 g/mol. The van der Waals surface area contributed by atoms with Crippen LogP contribution in [0.4, 0.5) is 5.69 Å². The number of esters is 1. The van der Waals surface area contributed by atoms with Crippen molar-refractivity contribution in [1.29, 1.82) is 5.26 Å². The molecule has 5 heteroatoms. The molecule has 0 spiro atoms. The molecular weight excluding hydrogens is 304 g/mol. The number of amides is 1. The van der Waals surface area contributed by atoms with Crippen molar-refractivity contribution in [2.75, 3.05) is 5.32 Å². The molecule has 2 rings (SSSR count). The summed E-state index contributed by atoms with van der Waals surface area (Å²) in [6.07, 6.45) is -0.0651. The summed E-state index contributed by atoms with van der Waals surface area (Å²) < 4.78 is 5.18. The van der Waals surface area contributed by atoms with Gasteiger partial charge in [-0.3, -0.25) is 4.79 Å². The average molecular weight is 322 g/mol. The molecule has 0 aliphatic heterocycles. The quantitative estimate of drug-likeness (QED) is 0.857. The van der Waals surface area contributed by atoms with Crippen LogP contribution >= 0.6 is 0 Å². The number of carbonyl (C=O) groups is 2. The van der Waals surface area contributed by atoms with Crippen LogP contribution in [0.15, 0.2) is 48.5 Å². The van der Waals surface area contributed by atoms with Gasteiger partial charge in [0.15, 0.2) is 6.10 Å². The molecule has 0 radical (unpaired) electrons. The molecule has 0 unspecified atom stereocenters. The minimum atomic E-state index is -0.950. The zero-order valence-corrected chi connectivity index (χ0v) is 13.6. The van der Waals surface area contributed by atoms with Crippen molar-refractivity contribution in [2.24, 2.45) is 0 Å². The van der Waals surface area contributed by atoms with Crippen molar-refractivity contribution in [3.8, 4) is 6.07 Å². The highest BCUT2D eigenvalue weighted by atomic mass is 16.5. The molecule has 0 heterocycles. The normalized spacial score (nSPS) is 11.2. The molecule has 1 amide bonds. The van der Waals surface area contributed by atoms with Crippen LogP contribution in [-0.2, 0) is 16.0 Å². The molecule has 122 valence electrons. The lowest BCUT2D eigenvalue weighted by Crippen LogP contribution is -2.30. The highest BCUT2D eigenvalue weighted by molar-refractivity contribution is 5.97. The van der Waals surface area contributed by atoms with E-state index in [9.17, 15) is 9.59 Å². The number of carbonyl (C=O) groups excluding carboxylic acids is 2. The third-order valence-corrected chi connectivity index (χ3v) is 3.51. The molecule has 0 saturated heterocycles. The van der Waals surface area contributed by atoms with Crippen LogP contribution in [0.3, 0.4) is 0 Å². The molecule has 0 aromatic heterocycles. The number of hydrogen-bond acceptors (Lipinski definition) is 4. The molecular formula is C19H18N2O3. The van der Waals surface area contributed by atoms with E-state index in [1.54, 1.807) is 36.4 Å². The van der Waals surface area contributed by atoms with E-state index < -0.39 is 18.0 Å². The van der Waals surface area contributed by atoms with Crippen LogP contribution < -0.4 is 5.32 Å². The van der Waals surface area contributed by atoms with Gasteiger partial charge in [0, 0.05) is 5.69 Å². The SMILES string of the molecule is CCc1ccc(C(=O)O[C@H](C)C(=O)Nc2cccc(C#N)c2)cc1. The van der Waals surface area contributed by atoms with Crippen LogP contribution in [-0.4, -0.2) is 18.0 Å². The van der Waals surface area contributed by atoms with E-state index >= 15 is 0 Å². The van der Waals surface area contributed by atoms with Gasteiger partial charge in [0.2, 0.25) is 0 Å². The van der Waals surface area contributed by atoms with Crippen molar-refractivity contribution in [3.05, 3.63) is 65.2 Å². The zero-order valence-electron chi connectivity index (χ0n) is 13.6. The van der Waals surface area contributed by atoms with Gasteiger partial charge in [-0.2, -0.15) is 5.26 Å². The van der Waals surface area contributed by atoms with Crippen LogP contribution in [0.1, 0.15) is 35.3 Å². The first-order valence-electron chi connectivity index (χ1n) is 7.64. The second kappa shape index (κ2) is 7.93. The molecule has 0 aliphatic carbocycles. The van der Waals surface area contributed by atoms with E-state index in [0.717, 1.165) is 12.0 Å². The number of aryl methyl sites for hydroxylation is 1. The summed E-state index contributed by atoms with van der Waals surface area (Å²) in [4.78, 5) is 24.2. The summed E-state index contributed by atoms with van der Waals surface area (Å²) in [6.45, 7) is 3.53. The number of hydrogen-bond donors (Lipinski definition) is 1. The largest absolute Gasteiger partial charge is 0.449 e. The van der Waals surface area contributed by atoms with Gasteiger partial charge in [0.25, 0.3) is 5.91 Å². The first-order chi connectivity index (χ1) is 11.5. The Morgan fingerprint density at radius 1 is 1.21 bits per heavy atom. The molecule has 0 aliphatic rings. The molecule has 0 fully saturated rings. The second-order valence-corrected chi connectivity index (χ2v) is 5.28. The highest BCUT2D eigenvalue weighted by Gasteiger charge is 2.19. The summed E-state index contributed by atoms with van der Waals surface area (Å²) in [5, 5.41) is 11.5. The topological polar surface area (TPSA) is 79.2 Å². The molecule has 1 atom stereocenters. The maximum absolute atomic E-state index is 12.1. The summed E-state index contributed by atoms with van der Waals surface area (Å²) in [6, 6.07) is 15.6. The highest BCUT2D eigenvalue weighted by Crippen LogP contribution is 2.12. The van der Waals surface area contributed by atoms with Gasteiger partial charge in [0.1, 0.15) is 0 Å². The van der Waals surface area contributed by atoms with Crippen molar-refractivity contribution >= 4 is 17.6 Å². The fraction of sp³-hybridized carbons (Fsp3) is 0.211. The van der Waals surface area contributed by atoms with Crippen molar-refractivity contribution in [2.45, 2.75) is 26.4 Å². The predicted molar refractivity (Wildman–Crippen MR) is 90.5 cm³/mol. The summed E-state index contributed by atoms with van der Waals surface area (Å²) in [5.74, 6) is -1.00. The summed E-state index contributed by atoms with van der Waals surface area (Å²) in [7, 11) is 0. The minimum absolute atomic E-state index is 0.401. The maximum Gasteiger partial charge on any atom is 0.338 e. The summed E-state index contributed by atoms with van der Waals surface area (Å²) >= 11 is 0. The number of ether oxygens (including phenoxy) is 1.